The standard InChI is InChI=1S/C5H5BrN2S/c6-4-1-5(9-7)3-8-2-4/h1-3H,7H2. The predicted octanol–water partition coefficient (Wildman–Crippen LogP) is 1.81. The van der Waals surface area contributed by atoms with Gasteiger partial charge in [-0.1, -0.05) is 0 Å². The van der Waals surface area contributed by atoms with E-state index in [1.165, 1.54) is 11.9 Å². The number of nitrogens with zero attached hydrogens (tertiary/aromatic N) is 1. The lowest BCUT2D eigenvalue weighted by Gasteiger charge is -1.92. The number of halogens is 1. The smallest absolute Gasteiger partial charge is 0.0420 e. The number of hydrogen-bond donors (Lipinski definition) is 1. The van der Waals surface area contributed by atoms with Crippen molar-refractivity contribution in [1.29, 1.82) is 0 Å². The van der Waals surface area contributed by atoms with Crippen LogP contribution in [0, 0.1) is 0 Å². The molecule has 0 aliphatic rings. The Labute approximate surface area is 66.1 Å². The minimum atomic E-state index is 0.956. The van der Waals surface area contributed by atoms with Crippen LogP contribution in [0.2, 0.25) is 0 Å². The van der Waals surface area contributed by atoms with Crippen LogP contribution >= 0.6 is 27.9 Å². The zero-order valence-electron chi connectivity index (χ0n) is 4.54. The van der Waals surface area contributed by atoms with Crippen LogP contribution in [0.25, 0.3) is 0 Å². The summed E-state index contributed by atoms with van der Waals surface area (Å²) in [6.45, 7) is 0. The third-order valence-corrected chi connectivity index (χ3v) is 1.74. The molecule has 0 aliphatic carbocycles. The molecule has 1 rings (SSSR count). The quantitative estimate of drug-likeness (QED) is 0.710. The average Bonchev–Trinajstić information content (AvgIpc) is 1.88. The number of rotatable bonds is 1. The van der Waals surface area contributed by atoms with Gasteiger partial charge in [-0.3, -0.25) is 10.1 Å². The van der Waals surface area contributed by atoms with Crippen molar-refractivity contribution in [3.8, 4) is 0 Å². The van der Waals surface area contributed by atoms with Crippen LogP contribution in [-0.2, 0) is 0 Å². The minimum Gasteiger partial charge on any atom is -0.274 e. The normalized spacial score (nSPS) is 9.56. The van der Waals surface area contributed by atoms with Crippen LogP contribution < -0.4 is 5.14 Å². The van der Waals surface area contributed by atoms with Crippen molar-refractivity contribution < 1.29 is 0 Å². The van der Waals surface area contributed by atoms with Crippen LogP contribution in [0.5, 0.6) is 0 Å². The highest BCUT2D eigenvalue weighted by Crippen LogP contribution is 2.15. The Kier molecular flexibility index (Phi) is 2.50. The molecule has 0 aliphatic heterocycles. The van der Waals surface area contributed by atoms with Gasteiger partial charge >= 0.3 is 0 Å². The maximum absolute atomic E-state index is 5.27. The molecule has 0 bridgehead atoms. The molecule has 0 amide bonds. The number of pyridine rings is 1. The van der Waals surface area contributed by atoms with Gasteiger partial charge in [0, 0.05) is 21.8 Å². The molecule has 0 unspecified atom stereocenters. The first kappa shape index (κ1) is 7.05. The molecule has 1 aromatic rings. The Morgan fingerprint density at radius 3 is 2.78 bits per heavy atom. The topological polar surface area (TPSA) is 38.9 Å². The average molecular weight is 205 g/mol. The van der Waals surface area contributed by atoms with E-state index in [1.54, 1.807) is 12.4 Å². The highest BCUT2D eigenvalue weighted by atomic mass is 79.9. The lowest BCUT2D eigenvalue weighted by molar-refractivity contribution is 1.22. The summed E-state index contributed by atoms with van der Waals surface area (Å²) in [6.07, 6.45) is 3.44. The van der Waals surface area contributed by atoms with Gasteiger partial charge in [0.2, 0.25) is 0 Å². The van der Waals surface area contributed by atoms with Crippen molar-refractivity contribution in [2.24, 2.45) is 5.14 Å². The Morgan fingerprint density at radius 1 is 1.56 bits per heavy atom. The molecule has 0 aromatic carbocycles. The first-order valence-electron chi connectivity index (χ1n) is 2.30. The zero-order chi connectivity index (χ0) is 6.69. The molecule has 0 fully saturated rings. The highest BCUT2D eigenvalue weighted by Gasteiger charge is 1.89. The van der Waals surface area contributed by atoms with Crippen molar-refractivity contribution >= 4 is 27.9 Å². The summed E-state index contributed by atoms with van der Waals surface area (Å²) in [4.78, 5) is 4.87. The molecule has 1 heterocycles. The molecule has 4 heteroatoms. The van der Waals surface area contributed by atoms with Gasteiger partial charge in [0.1, 0.15) is 0 Å². The molecule has 0 saturated heterocycles. The van der Waals surface area contributed by atoms with Crippen LogP contribution in [0.4, 0.5) is 0 Å². The van der Waals surface area contributed by atoms with Gasteiger partial charge in [0.25, 0.3) is 0 Å². The van der Waals surface area contributed by atoms with Crippen molar-refractivity contribution in [2.75, 3.05) is 0 Å². The van der Waals surface area contributed by atoms with Gasteiger partial charge in [0.15, 0.2) is 0 Å². The molecular formula is C5H5BrN2S. The molecule has 48 valence electrons. The SMILES string of the molecule is NSc1cncc(Br)c1. The lowest BCUT2D eigenvalue weighted by atomic mass is 10.5. The molecule has 0 atom stereocenters. The van der Waals surface area contributed by atoms with Crippen LogP contribution in [0.3, 0.4) is 0 Å². The van der Waals surface area contributed by atoms with Gasteiger partial charge in [0.05, 0.1) is 0 Å². The second-order valence-corrected chi connectivity index (χ2v) is 3.08. The summed E-state index contributed by atoms with van der Waals surface area (Å²) >= 11 is 4.46. The summed E-state index contributed by atoms with van der Waals surface area (Å²) in [7, 11) is 0. The second-order valence-electron chi connectivity index (χ2n) is 1.46. The summed E-state index contributed by atoms with van der Waals surface area (Å²) in [5, 5.41) is 5.27. The van der Waals surface area contributed by atoms with Crippen LogP contribution in [-0.4, -0.2) is 4.98 Å². The Balaban J connectivity index is 2.94. The summed E-state index contributed by atoms with van der Waals surface area (Å²) in [6, 6.07) is 1.91. The van der Waals surface area contributed by atoms with Gasteiger partial charge in [-0.2, -0.15) is 0 Å². The monoisotopic (exact) mass is 204 g/mol. The maximum atomic E-state index is 5.27. The summed E-state index contributed by atoms with van der Waals surface area (Å²) < 4.78 is 0.956. The third kappa shape index (κ3) is 1.97. The van der Waals surface area contributed by atoms with Gasteiger partial charge in [-0.25, -0.2) is 0 Å². The van der Waals surface area contributed by atoms with E-state index in [2.05, 4.69) is 20.9 Å². The Bertz CT molecular complexity index is 204. The first-order chi connectivity index (χ1) is 4.33. The van der Waals surface area contributed by atoms with E-state index >= 15 is 0 Å². The second kappa shape index (κ2) is 3.20. The van der Waals surface area contributed by atoms with E-state index in [9.17, 15) is 0 Å². The largest absolute Gasteiger partial charge is 0.274 e. The van der Waals surface area contributed by atoms with Gasteiger partial charge in [-0.05, 0) is 33.9 Å². The number of aromatic nitrogens is 1. The third-order valence-electron chi connectivity index (χ3n) is 0.816. The lowest BCUT2D eigenvalue weighted by Crippen LogP contribution is -1.80. The highest BCUT2D eigenvalue weighted by molar-refractivity contribution is 9.10. The molecule has 9 heavy (non-hydrogen) atoms. The van der Waals surface area contributed by atoms with E-state index in [4.69, 9.17) is 5.14 Å². The number of nitrogens with two attached hydrogens (primary N) is 1. The Morgan fingerprint density at radius 2 is 2.33 bits per heavy atom. The molecule has 2 N–H and O–H groups in total. The molecular weight excluding hydrogens is 200 g/mol. The zero-order valence-corrected chi connectivity index (χ0v) is 6.95. The van der Waals surface area contributed by atoms with Crippen LogP contribution in [0.15, 0.2) is 27.8 Å². The van der Waals surface area contributed by atoms with E-state index in [0.717, 1.165) is 9.37 Å². The fourth-order valence-corrected chi connectivity index (χ4v) is 1.29. The van der Waals surface area contributed by atoms with Gasteiger partial charge < -0.3 is 0 Å². The predicted molar refractivity (Wildman–Crippen MR) is 42.0 cm³/mol. The molecule has 1 aromatic heterocycles. The van der Waals surface area contributed by atoms with E-state index in [1.807, 2.05) is 6.07 Å². The van der Waals surface area contributed by atoms with Crippen molar-refractivity contribution in [3.05, 3.63) is 22.9 Å². The van der Waals surface area contributed by atoms with Crippen molar-refractivity contribution in [1.82, 2.24) is 4.98 Å². The minimum absolute atomic E-state index is 0.956. The number of hydrogen-bond acceptors (Lipinski definition) is 3. The van der Waals surface area contributed by atoms with E-state index in [0.29, 0.717) is 0 Å². The van der Waals surface area contributed by atoms with E-state index in [-0.39, 0.29) is 0 Å². The summed E-state index contributed by atoms with van der Waals surface area (Å²) in [5.74, 6) is 0. The molecule has 0 spiro atoms. The van der Waals surface area contributed by atoms with Gasteiger partial charge in [-0.15, -0.1) is 0 Å². The summed E-state index contributed by atoms with van der Waals surface area (Å²) in [5.41, 5.74) is 0. The van der Waals surface area contributed by atoms with Crippen molar-refractivity contribution in [2.45, 2.75) is 4.90 Å². The molecule has 0 saturated carbocycles. The van der Waals surface area contributed by atoms with E-state index < -0.39 is 0 Å². The fraction of sp³-hybridized carbons (Fsp3) is 0. The first-order valence-corrected chi connectivity index (χ1v) is 3.97. The van der Waals surface area contributed by atoms with Crippen LogP contribution in [0.1, 0.15) is 0 Å². The molecule has 2 nitrogen and oxygen atoms in total. The van der Waals surface area contributed by atoms with Crippen molar-refractivity contribution in [3.63, 3.8) is 0 Å². The Hall–Kier alpha value is -0.0600. The molecule has 0 radical (unpaired) electrons. The fourth-order valence-electron chi connectivity index (χ4n) is 0.457. The maximum Gasteiger partial charge on any atom is 0.0420 e.